The topological polar surface area (TPSA) is 67.4 Å². The summed E-state index contributed by atoms with van der Waals surface area (Å²) in [6.07, 6.45) is 0. The summed E-state index contributed by atoms with van der Waals surface area (Å²) in [5.74, 6) is -0.260. The number of thiophene rings is 1. The Morgan fingerprint density at radius 1 is 1.00 bits per heavy atom. The molecule has 1 aromatic heterocycles. The van der Waals surface area contributed by atoms with Crippen molar-refractivity contribution in [2.75, 3.05) is 18.5 Å². The number of benzene rings is 2. The molecule has 0 aliphatic rings. The van der Waals surface area contributed by atoms with Crippen molar-refractivity contribution in [3.8, 4) is 11.1 Å². The van der Waals surface area contributed by atoms with Crippen LogP contribution < -0.4 is 10.6 Å². The molecule has 31 heavy (non-hydrogen) atoms. The standard InChI is InChI=1S/C25H28N2O3S/c1-4-30-25(29)21-20(18-11-7-5-8-12-18)16-31-24(21)27-23(28)22(26-15-17(2)3)19-13-9-6-10-14-19/h5-14,16-17,22,26H,4,15H2,1-3H3,(H,27,28)/t22-/m0/s1. The van der Waals surface area contributed by atoms with E-state index in [9.17, 15) is 9.59 Å². The smallest absolute Gasteiger partial charge is 0.341 e. The summed E-state index contributed by atoms with van der Waals surface area (Å²) >= 11 is 1.33. The van der Waals surface area contributed by atoms with Crippen LogP contribution in [0.3, 0.4) is 0 Å². The summed E-state index contributed by atoms with van der Waals surface area (Å²) in [6, 6.07) is 18.7. The fraction of sp³-hybridized carbons (Fsp3) is 0.280. The first-order valence-electron chi connectivity index (χ1n) is 10.4. The number of amides is 1. The fourth-order valence-corrected chi connectivity index (χ4v) is 4.19. The van der Waals surface area contributed by atoms with Crippen LogP contribution in [0.25, 0.3) is 11.1 Å². The summed E-state index contributed by atoms with van der Waals surface area (Å²) in [6.45, 7) is 6.91. The fourth-order valence-electron chi connectivity index (χ4n) is 3.23. The van der Waals surface area contributed by atoms with E-state index in [1.54, 1.807) is 6.92 Å². The van der Waals surface area contributed by atoms with Crippen LogP contribution in [-0.4, -0.2) is 25.0 Å². The van der Waals surface area contributed by atoms with Crippen molar-refractivity contribution in [3.05, 3.63) is 77.2 Å². The number of esters is 1. The molecule has 0 unspecified atom stereocenters. The van der Waals surface area contributed by atoms with E-state index in [1.165, 1.54) is 11.3 Å². The van der Waals surface area contributed by atoms with E-state index >= 15 is 0 Å². The molecule has 0 aliphatic carbocycles. The Bertz CT molecular complexity index is 1000. The third-order valence-electron chi connectivity index (χ3n) is 4.72. The number of carbonyl (C=O) groups excluding carboxylic acids is 2. The zero-order valence-electron chi connectivity index (χ0n) is 18.1. The lowest BCUT2D eigenvalue weighted by Crippen LogP contribution is -2.35. The van der Waals surface area contributed by atoms with Crippen LogP contribution in [0.4, 0.5) is 5.00 Å². The second-order valence-corrected chi connectivity index (χ2v) is 8.45. The summed E-state index contributed by atoms with van der Waals surface area (Å²) < 4.78 is 5.30. The minimum absolute atomic E-state index is 0.209. The molecule has 0 bridgehead atoms. The molecule has 1 atom stereocenters. The molecule has 0 saturated heterocycles. The molecule has 1 heterocycles. The van der Waals surface area contributed by atoms with Crippen molar-refractivity contribution in [1.29, 1.82) is 0 Å². The number of rotatable bonds is 9. The molecular formula is C25H28N2O3S. The highest BCUT2D eigenvalue weighted by Gasteiger charge is 2.26. The van der Waals surface area contributed by atoms with Crippen LogP contribution >= 0.6 is 11.3 Å². The molecule has 3 rings (SSSR count). The Labute approximate surface area is 187 Å². The van der Waals surface area contributed by atoms with Crippen molar-refractivity contribution < 1.29 is 14.3 Å². The summed E-state index contributed by atoms with van der Waals surface area (Å²) in [4.78, 5) is 26.1. The molecule has 6 heteroatoms. The molecule has 0 aliphatic heterocycles. The number of hydrogen-bond donors (Lipinski definition) is 2. The molecule has 0 radical (unpaired) electrons. The maximum atomic E-state index is 13.3. The second kappa shape index (κ2) is 10.9. The van der Waals surface area contributed by atoms with Crippen LogP contribution in [0.1, 0.15) is 42.7 Å². The molecule has 0 spiro atoms. The van der Waals surface area contributed by atoms with Crippen LogP contribution in [0.2, 0.25) is 0 Å². The number of ether oxygens (including phenoxy) is 1. The number of nitrogens with one attached hydrogen (secondary N) is 2. The monoisotopic (exact) mass is 436 g/mol. The largest absolute Gasteiger partial charge is 0.462 e. The normalized spacial score (nSPS) is 11.9. The average molecular weight is 437 g/mol. The van der Waals surface area contributed by atoms with Crippen molar-refractivity contribution in [2.24, 2.45) is 5.92 Å². The highest BCUT2D eigenvalue weighted by Crippen LogP contribution is 2.36. The minimum atomic E-state index is -0.527. The zero-order chi connectivity index (χ0) is 22.2. The lowest BCUT2D eigenvalue weighted by molar-refractivity contribution is -0.118. The molecule has 5 nitrogen and oxygen atoms in total. The van der Waals surface area contributed by atoms with E-state index in [0.717, 1.165) is 16.7 Å². The van der Waals surface area contributed by atoms with Gasteiger partial charge >= 0.3 is 5.97 Å². The van der Waals surface area contributed by atoms with Gasteiger partial charge in [-0.2, -0.15) is 0 Å². The highest BCUT2D eigenvalue weighted by atomic mass is 32.1. The Hall–Kier alpha value is -2.96. The third kappa shape index (κ3) is 5.81. The first-order valence-corrected chi connectivity index (χ1v) is 11.3. The van der Waals surface area contributed by atoms with Crippen LogP contribution in [0.5, 0.6) is 0 Å². The quantitative estimate of drug-likeness (QED) is 0.434. The summed E-state index contributed by atoms with van der Waals surface area (Å²) in [7, 11) is 0. The Balaban J connectivity index is 1.93. The van der Waals surface area contributed by atoms with Crippen LogP contribution in [0.15, 0.2) is 66.0 Å². The van der Waals surface area contributed by atoms with Gasteiger partial charge in [0.25, 0.3) is 0 Å². The van der Waals surface area contributed by atoms with Gasteiger partial charge in [0.1, 0.15) is 16.6 Å². The van der Waals surface area contributed by atoms with Gasteiger partial charge in [-0.05, 0) is 30.5 Å². The van der Waals surface area contributed by atoms with Gasteiger partial charge in [0, 0.05) is 10.9 Å². The Kier molecular flexibility index (Phi) is 7.98. The summed E-state index contributed by atoms with van der Waals surface area (Å²) in [5.41, 5.74) is 2.92. The van der Waals surface area contributed by atoms with E-state index in [1.807, 2.05) is 66.0 Å². The van der Waals surface area contributed by atoms with Crippen molar-refractivity contribution in [1.82, 2.24) is 5.32 Å². The summed E-state index contributed by atoms with van der Waals surface area (Å²) in [5, 5.41) is 8.70. The maximum absolute atomic E-state index is 13.3. The van der Waals surface area contributed by atoms with E-state index in [2.05, 4.69) is 24.5 Å². The van der Waals surface area contributed by atoms with Gasteiger partial charge in [0.15, 0.2) is 0 Å². The van der Waals surface area contributed by atoms with Crippen LogP contribution in [0, 0.1) is 5.92 Å². The lowest BCUT2D eigenvalue weighted by atomic mass is 10.0. The zero-order valence-corrected chi connectivity index (χ0v) is 18.9. The van der Waals surface area contributed by atoms with Crippen molar-refractivity contribution in [2.45, 2.75) is 26.8 Å². The van der Waals surface area contributed by atoms with Gasteiger partial charge in [-0.15, -0.1) is 11.3 Å². The van der Waals surface area contributed by atoms with E-state index in [0.29, 0.717) is 23.0 Å². The lowest BCUT2D eigenvalue weighted by Gasteiger charge is -2.20. The average Bonchev–Trinajstić information content (AvgIpc) is 3.19. The number of anilines is 1. The van der Waals surface area contributed by atoms with Gasteiger partial charge < -0.3 is 15.4 Å². The molecule has 2 aromatic carbocycles. The minimum Gasteiger partial charge on any atom is -0.462 e. The Morgan fingerprint density at radius 3 is 2.26 bits per heavy atom. The van der Waals surface area contributed by atoms with Crippen molar-refractivity contribution in [3.63, 3.8) is 0 Å². The highest BCUT2D eigenvalue weighted by molar-refractivity contribution is 7.15. The molecular weight excluding hydrogens is 408 g/mol. The molecule has 0 saturated carbocycles. The Morgan fingerprint density at radius 2 is 1.65 bits per heavy atom. The molecule has 162 valence electrons. The molecule has 2 N–H and O–H groups in total. The van der Waals surface area contributed by atoms with Crippen molar-refractivity contribution >= 4 is 28.2 Å². The maximum Gasteiger partial charge on any atom is 0.341 e. The third-order valence-corrected chi connectivity index (χ3v) is 5.61. The predicted octanol–water partition coefficient (Wildman–Crippen LogP) is 5.52. The molecule has 1 amide bonds. The van der Waals surface area contributed by atoms with Gasteiger partial charge in [-0.1, -0.05) is 74.5 Å². The van der Waals surface area contributed by atoms with Gasteiger partial charge in [0.2, 0.25) is 5.91 Å². The molecule has 0 fully saturated rings. The van der Waals surface area contributed by atoms with Gasteiger partial charge in [-0.25, -0.2) is 4.79 Å². The number of hydrogen-bond acceptors (Lipinski definition) is 5. The number of carbonyl (C=O) groups is 2. The SMILES string of the molecule is CCOC(=O)c1c(-c2ccccc2)csc1NC(=O)[C@@H](NCC(C)C)c1ccccc1. The first-order chi connectivity index (χ1) is 15.0. The second-order valence-electron chi connectivity index (χ2n) is 7.58. The van der Waals surface area contributed by atoms with E-state index in [4.69, 9.17) is 4.74 Å². The first kappa shape index (κ1) is 22.7. The van der Waals surface area contributed by atoms with Crippen LogP contribution in [-0.2, 0) is 9.53 Å². The van der Waals surface area contributed by atoms with Gasteiger partial charge in [-0.3, -0.25) is 4.79 Å². The molecule has 3 aromatic rings. The van der Waals surface area contributed by atoms with E-state index < -0.39 is 12.0 Å². The van der Waals surface area contributed by atoms with E-state index in [-0.39, 0.29) is 12.5 Å². The predicted molar refractivity (Wildman–Crippen MR) is 126 cm³/mol. The van der Waals surface area contributed by atoms with Gasteiger partial charge in [0.05, 0.1) is 6.61 Å².